The van der Waals surface area contributed by atoms with Crippen LogP contribution in [0.1, 0.15) is 26.7 Å². The van der Waals surface area contributed by atoms with E-state index in [1.165, 1.54) is 7.11 Å². The molecule has 0 aliphatic carbocycles. The van der Waals surface area contributed by atoms with Gasteiger partial charge in [-0.2, -0.15) is 0 Å². The van der Waals surface area contributed by atoms with Crippen LogP contribution in [-0.2, 0) is 14.3 Å². The normalized spacial score (nSPS) is 23.5. The Balaban J connectivity index is 2.68. The van der Waals surface area contributed by atoms with E-state index in [4.69, 9.17) is 0 Å². The van der Waals surface area contributed by atoms with E-state index in [9.17, 15) is 9.59 Å². The largest absolute Gasteiger partial charge is 0.468 e. The van der Waals surface area contributed by atoms with Crippen LogP contribution in [0.25, 0.3) is 0 Å². The molecule has 17 heavy (non-hydrogen) atoms. The predicted octanol–water partition coefficient (Wildman–Crippen LogP) is 0.398. The van der Waals surface area contributed by atoms with Crippen LogP contribution in [0.2, 0.25) is 0 Å². The molecule has 0 aromatic carbocycles. The molecule has 1 aliphatic heterocycles. The summed E-state index contributed by atoms with van der Waals surface area (Å²) in [5.41, 5.74) is -0.372. The standard InChI is InChI=1S/C12H22N2O3/c1-4-7-14(8-10(15)17-3)11(16)12(2)5-6-13-9-12/h13H,4-9H2,1-3H3. The van der Waals surface area contributed by atoms with Crippen molar-refractivity contribution in [3.63, 3.8) is 0 Å². The first kappa shape index (κ1) is 14.0. The number of hydrogen-bond donors (Lipinski definition) is 1. The summed E-state index contributed by atoms with van der Waals surface area (Å²) in [7, 11) is 1.34. The van der Waals surface area contributed by atoms with Gasteiger partial charge in [0.25, 0.3) is 0 Å². The fourth-order valence-electron chi connectivity index (χ4n) is 2.12. The predicted molar refractivity (Wildman–Crippen MR) is 64.5 cm³/mol. The molecule has 0 saturated carbocycles. The van der Waals surface area contributed by atoms with Gasteiger partial charge >= 0.3 is 5.97 Å². The monoisotopic (exact) mass is 242 g/mol. The van der Waals surface area contributed by atoms with E-state index in [0.717, 1.165) is 19.4 Å². The molecule has 98 valence electrons. The summed E-state index contributed by atoms with van der Waals surface area (Å²) >= 11 is 0. The number of nitrogens with zero attached hydrogens (tertiary/aromatic N) is 1. The van der Waals surface area contributed by atoms with Gasteiger partial charge in [0.15, 0.2) is 0 Å². The molecule has 1 N–H and O–H groups in total. The third kappa shape index (κ3) is 3.43. The minimum atomic E-state index is -0.372. The lowest BCUT2D eigenvalue weighted by Gasteiger charge is -2.30. The summed E-state index contributed by atoms with van der Waals surface area (Å²) in [6, 6.07) is 0. The molecule has 0 aromatic rings. The van der Waals surface area contributed by atoms with Gasteiger partial charge in [-0.15, -0.1) is 0 Å². The number of rotatable bonds is 5. The first-order valence-electron chi connectivity index (χ1n) is 6.10. The Labute approximate surface area is 102 Å². The average molecular weight is 242 g/mol. The number of amides is 1. The molecule has 1 saturated heterocycles. The van der Waals surface area contributed by atoms with E-state index in [0.29, 0.717) is 13.1 Å². The lowest BCUT2D eigenvalue weighted by atomic mass is 9.88. The van der Waals surface area contributed by atoms with Gasteiger partial charge in [-0.1, -0.05) is 6.92 Å². The molecule has 1 fully saturated rings. The van der Waals surface area contributed by atoms with Crippen molar-refractivity contribution < 1.29 is 14.3 Å². The molecule has 1 aliphatic rings. The van der Waals surface area contributed by atoms with Gasteiger partial charge in [0, 0.05) is 13.1 Å². The van der Waals surface area contributed by atoms with Crippen LogP contribution in [0.5, 0.6) is 0 Å². The van der Waals surface area contributed by atoms with Crippen molar-refractivity contribution in [3.8, 4) is 0 Å². The molecular weight excluding hydrogens is 220 g/mol. The maximum absolute atomic E-state index is 12.4. The molecule has 0 spiro atoms. The summed E-state index contributed by atoms with van der Waals surface area (Å²) in [5, 5.41) is 3.19. The summed E-state index contributed by atoms with van der Waals surface area (Å²) in [6.45, 7) is 6.15. The van der Waals surface area contributed by atoms with Crippen molar-refractivity contribution in [2.75, 3.05) is 33.3 Å². The summed E-state index contributed by atoms with van der Waals surface area (Å²) in [6.07, 6.45) is 1.67. The van der Waals surface area contributed by atoms with Crippen molar-refractivity contribution in [1.82, 2.24) is 10.2 Å². The average Bonchev–Trinajstić information content (AvgIpc) is 2.75. The van der Waals surface area contributed by atoms with Gasteiger partial charge in [-0.25, -0.2) is 0 Å². The molecule has 1 amide bonds. The van der Waals surface area contributed by atoms with Gasteiger partial charge in [0.1, 0.15) is 6.54 Å². The van der Waals surface area contributed by atoms with Crippen LogP contribution < -0.4 is 5.32 Å². The number of nitrogens with one attached hydrogen (secondary N) is 1. The molecule has 0 aromatic heterocycles. The summed E-state index contributed by atoms with van der Waals surface area (Å²) in [4.78, 5) is 25.3. The second-order valence-corrected chi connectivity index (χ2v) is 4.79. The minimum Gasteiger partial charge on any atom is -0.468 e. The van der Waals surface area contributed by atoms with E-state index in [-0.39, 0.29) is 23.8 Å². The summed E-state index contributed by atoms with van der Waals surface area (Å²) in [5.74, 6) is -0.309. The quantitative estimate of drug-likeness (QED) is 0.709. The van der Waals surface area contributed by atoms with Crippen LogP contribution in [0.3, 0.4) is 0 Å². The van der Waals surface area contributed by atoms with Crippen LogP contribution in [0, 0.1) is 5.41 Å². The number of carbonyl (C=O) groups is 2. The van der Waals surface area contributed by atoms with Gasteiger partial charge in [0.05, 0.1) is 12.5 Å². The Kier molecular flexibility index (Phi) is 4.93. The van der Waals surface area contributed by atoms with E-state index < -0.39 is 0 Å². The molecule has 1 atom stereocenters. The van der Waals surface area contributed by atoms with Crippen molar-refractivity contribution in [2.24, 2.45) is 5.41 Å². The second kappa shape index (κ2) is 6.00. The van der Waals surface area contributed by atoms with Crippen molar-refractivity contribution in [3.05, 3.63) is 0 Å². The molecule has 0 radical (unpaired) electrons. The number of methoxy groups -OCH3 is 1. The highest BCUT2D eigenvalue weighted by molar-refractivity contribution is 5.86. The molecule has 5 heteroatoms. The van der Waals surface area contributed by atoms with Crippen molar-refractivity contribution in [1.29, 1.82) is 0 Å². The molecular formula is C12H22N2O3. The SMILES string of the molecule is CCCN(CC(=O)OC)C(=O)C1(C)CCNC1. The zero-order valence-corrected chi connectivity index (χ0v) is 10.9. The first-order valence-corrected chi connectivity index (χ1v) is 6.10. The Morgan fingerprint density at radius 1 is 1.47 bits per heavy atom. The third-order valence-corrected chi connectivity index (χ3v) is 3.21. The first-order chi connectivity index (χ1) is 8.03. The number of esters is 1. The number of hydrogen-bond acceptors (Lipinski definition) is 4. The lowest BCUT2D eigenvalue weighted by molar-refractivity contribution is -0.150. The van der Waals surface area contributed by atoms with E-state index >= 15 is 0 Å². The van der Waals surface area contributed by atoms with Gasteiger partial charge in [-0.05, 0) is 26.3 Å². The Morgan fingerprint density at radius 2 is 2.18 bits per heavy atom. The highest BCUT2D eigenvalue weighted by Crippen LogP contribution is 2.27. The van der Waals surface area contributed by atoms with Crippen LogP contribution in [0.15, 0.2) is 0 Å². The Morgan fingerprint density at radius 3 is 2.65 bits per heavy atom. The molecule has 1 heterocycles. The van der Waals surface area contributed by atoms with Gasteiger partial charge < -0.3 is 15.0 Å². The molecule has 1 rings (SSSR count). The maximum Gasteiger partial charge on any atom is 0.325 e. The number of carbonyl (C=O) groups excluding carboxylic acids is 2. The number of ether oxygens (including phenoxy) is 1. The Bertz CT molecular complexity index is 285. The van der Waals surface area contributed by atoms with Crippen molar-refractivity contribution >= 4 is 11.9 Å². The fraction of sp³-hybridized carbons (Fsp3) is 0.833. The van der Waals surface area contributed by atoms with E-state index in [2.05, 4.69) is 10.1 Å². The fourth-order valence-corrected chi connectivity index (χ4v) is 2.12. The molecule has 5 nitrogen and oxygen atoms in total. The minimum absolute atomic E-state index is 0.0507. The molecule has 1 unspecified atom stereocenters. The van der Waals surface area contributed by atoms with Crippen LogP contribution in [-0.4, -0.2) is 50.1 Å². The topological polar surface area (TPSA) is 58.6 Å². The Hall–Kier alpha value is -1.10. The maximum atomic E-state index is 12.4. The van der Waals surface area contributed by atoms with Gasteiger partial charge in [-0.3, -0.25) is 9.59 Å². The zero-order chi connectivity index (χ0) is 12.9. The van der Waals surface area contributed by atoms with E-state index in [1.807, 2.05) is 13.8 Å². The second-order valence-electron chi connectivity index (χ2n) is 4.79. The van der Waals surface area contributed by atoms with Crippen molar-refractivity contribution in [2.45, 2.75) is 26.7 Å². The highest BCUT2D eigenvalue weighted by Gasteiger charge is 2.39. The smallest absolute Gasteiger partial charge is 0.325 e. The van der Waals surface area contributed by atoms with E-state index in [1.54, 1.807) is 4.90 Å². The van der Waals surface area contributed by atoms with Gasteiger partial charge in [0.2, 0.25) is 5.91 Å². The summed E-state index contributed by atoms with van der Waals surface area (Å²) < 4.78 is 4.62. The lowest BCUT2D eigenvalue weighted by Crippen LogP contribution is -2.46. The van der Waals surface area contributed by atoms with Crippen LogP contribution in [0.4, 0.5) is 0 Å². The molecule has 0 bridgehead atoms. The van der Waals surface area contributed by atoms with Crippen LogP contribution >= 0.6 is 0 Å². The highest BCUT2D eigenvalue weighted by atomic mass is 16.5. The third-order valence-electron chi connectivity index (χ3n) is 3.21. The zero-order valence-electron chi connectivity index (χ0n) is 10.9.